The van der Waals surface area contributed by atoms with Crippen molar-refractivity contribution in [3.05, 3.63) is 18.2 Å². The van der Waals surface area contributed by atoms with Gasteiger partial charge >= 0.3 is 0 Å². The largest absolute Gasteiger partial charge is 0.354 e. The lowest BCUT2D eigenvalue weighted by Crippen LogP contribution is -2.05. The van der Waals surface area contributed by atoms with Crippen molar-refractivity contribution in [2.24, 2.45) is 0 Å². The van der Waals surface area contributed by atoms with Crippen molar-refractivity contribution < 1.29 is 4.39 Å². The van der Waals surface area contributed by atoms with E-state index >= 15 is 0 Å². The molecule has 0 bridgehead atoms. The Morgan fingerprint density at radius 1 is 1.42 bits per heavy atom. The van der Waals surface area contributed by atoms with Gasteiger partial charge in [0.15, 0.2) is 5.82 Å². The number of hydrogen-bond acceptors (Lipinski definition) is 3. The zero-order chi connectivity index (χ0) is 8.81. The van der Waals surface area contributed by atoms with Crippen LogP contribution in [0.5, 0.6) is 0 Å². The highest BCUT2D eigenvalue weighted by atomic mass is 35.5. The second-order valence-electron chi connectivity index (χ2n) is 2.19. The molecule has 12 heavy (non-hydrogen) atoms. The Morgan fingerprint density at radius 2 is 2.08 bits per heavy atom. The van der Waals surface area contributed by atoms with Crippen LogP contribution < -0.4 is 5.32 Å². The Bertz CT molecular complexity index is 227. The number of alkyl halides is 1. The van der Waals surface area contributed by atoms with Crippen LogP contribution in [0.4, 0.5) is 10.3 Å². The van der Waals surface area contributed by atoms with Gasteiger partial charge in [-0.05, 0) is 6.42 Å². The number of aromatic nitrogens is 2. The summed E-state index contributed by atoms with van der Waals surface area (Å²) in [5, 5.41) is 2.90. The quantitative estimate of drug-likeness (QED) is 0.578. The first-order valence-corrected chi connectivity index (χ1v) is 4.14. The average Bonchev–Trinajstić information content (AvgIpc) is 2.09. The molecule has 0 aliphatic carbocycles. The first-order valence-electron chi connectivity index (χ1n) is 3.60. The summed E-state index contributed by atoms with van der Waals surface area (Å²) < 4.78 is 12.3. The van der Waals surface area contributed by atoms with Crippen molar-refractivity contribution in [3.63, 3.8) is 0 Å². The number of nitrogens with zero attached hydrogens (tertiary/aromatic N) is 2. The van der Waals surface area contributed by atoms with E-state index in [4.69, 9.17) is 11.6 Å². The predicted octanol–water partition coefficient (Wildman–Crippen LogP) is 1.66. The third-order valence-electron chi connectivity index (χ3n) is 1.21. The number of rotatable bonds is 4. The lowest BCUT2D eigenvalue weighted by molar-refractivity contribution is 0.614. The smallest absolute Gasteiger partial charge is 0.222 e. The molecule has 0 saturated heterocycles. The molecule has 1 N–H and O–H groups in total. The maximum atomic E-state index is 12.3. The Kier molecular flexibility index (Phi) is 3.73. The first-order chi connectivity index (χ1) is 5.83. The fraction of sp³-hybridized carbons (Fsp3) is 0.429. The lowest BCUT2D eigenvalue weighted by Gasteiger charge is -2.00. The third-order valence-corrected chi connectivity index (χ3v) is 1.48. The molecule has 1 aromatic heterocycles. The van der Waals surface area contributed by atoms with Crippen molar-refractivity contribution in [1.29, 1.82) is 0 Å². The van der Waals surface area contributed by atoms with Gasteiger partial charge < -0.3 is 5.32 Å². The van der Waals surface area contributed by atoms with E-state index in [1.165, 1.54) is 0 Å². The van der Waals surface area contributed by atoms with Crippen LogP contribution in [-0.2, 0) is 0 Å². The number of anilines is 1. The molecule has 0 atom stereocenters. The van der Waals surface area contributed by atoms with Crippen LogP contribution >= 0.6 is 11.6 Å². The van der Waals surface area contributed by atoms with Gasteiger partial charge in [-0.15, -0.1) is 11.6 Å². The van der Waals surface area contributed by atoms with E-state index in [0.717, 1.165) is 18.8 Å². The molecule has 0 aliphatic rings. The average molecular weight is 190 g/mol. The molecule has 0 aliphatic heterocycles. The maximum Gasteiger partial charge on any atom is 0.222 e. The normalized spacial score (nSPS) is 9.83. The molecule has 0 radical (unpaired) electrons. The van der Waals surface area contributed by atoms with Crippen LogP contribution in [-0.4, -0.2) is 22.4 Å². The fourth-order valence-electron chi connectivity index (χ4n) is 0.671. The molecule has 0 spiro atoms. The van der Waals surface area contributed by atoms with Crippen molar-refractivity contribution >= 4 is 17.5 Å². The molecule has 0 saturated carbocycles. The lowest BCUT2D eigenvalue weighted by atomic mass is 10.5. The van der Waals surface area contributed by atoms with E-state index in [0.29, 0.717) is 18.4 Å². The summed E-state index contributed by atoms with van der Waals surface area (Å²) >= 11 is 5.45. The highest BCUT2D eigenvalue weighted by Crippen LogP contribution is 1.97. The van der Waals surface area contributed by atoms with Gasteiger partial charge in [0.05, 0.1) is 12.4 Å². The Balaban J connectivity index is 2.37. The molecular formula is C7H9ClFN3. The molecule has 1 aromatic rings. The van der Waals surface area contributed by atoms with Gasteiger partial charge in [-0.3, -0.25) is 0 Å². The molecule has 3 nitrogen and oxygen atoms in total. The summed E-state index contributed by atoms with van der Waals surface area (Å²) in [6, 6.07) is 0. The van der Waals surface area contributed by atoms with Crippen LogP contribution in [0.3, 0.4) is 0 Å². The molecule has 0 fully saturated rings. The minimum absolute atomic E-state index is 0.432. The van der Waals surface area contributed by atoms with Gasteiger partial charge in [-0.1, -0.05) is 0 Å². The highest BCUT2D eigenvalue weighted by molar-refractivity contribution is 6.17. The van der Waals surface area contributed by atoms with Gasteiger partial charge in [-0.25, -0.2) is 14.4 Å². The summed E-state index contributed by atoms with van der Waals surface area (Å²) in [6.45, 7) is 0.704. The Hall–Kier alpha value is -0.900. The number of nitrogens with one attached hydrogen (secondary N) is 1. The number of hydrogen-bond donors (Lipinski definition) is 1. The summed E-state index contributed by atoms with van der Waals surface area (Å²) in [7, 11) is 0. The summed E-state index contributed by atoms with van der Waals surface area (Å²) in [4.78, 5) is 7.42. The van der Waals surface area contributed by atoms with E-state index < -0.39 is 5.82 Å². The van der Waals surface area contributed by atoms with Gasteiger partial charge in [0.1, 0.15) is 0 Å². The van der Waals surface area contributed by atoms with Crippen LogP contribution in [0, 0.1) is 5.82 Å². The molecule has 0 aromatic carbocycles. The monoisotopic (exact) mass is 189 g/mol. The second kappa shape index (κ2) is 4.87. The van der Waals surface area contributed by atoms with Crippen LogP contribution in [0.1, 0.15) is 6.42 Å². The van der Waals surface area contributed by atoms with Crippen LogP contribution in [0.15, 0.2) is 12.4 Å². The Morgan fingerprint density at radius 3 is 2.67 bits per heavy atom. The predicted molar refractivity (Wildman–Crippen MR) is 45.8 cm³/mol. The fourth-order valence-corrected chi connectivity index (χ4v) is 0.804. The zero-order valence-corrected chi connectivity index (χ0v) is 7.18. The van der Waals surface area contributed by atoms with E-state index in [1.807, 2.05) is 0 Å². The standard InChI is InChI=1S/C7H9ClFN3/c8-2-1-3-10-7-11-4-6(9)5-12-7/h4-5H,1-3H2,(H,10,11,12). The SMILES string of the molecule is Fc1cnc(NCCCCl)nc1. The number of halogens is 2. The van der Waals surface area contributed by atoms with Gasteiger partial charge in [0, 0.05) is 12.4 Å². The zero-order valence-electron chi connectivity index (χ0n) is 6.43. The van der Waals surface area contributed by atoms with E-state index in [9.17, 15) is 4.39 Å². The van der Waals surface area contributed by atoms with Crippen molar-refractivity contribution in [2.45, 2.75) is 6.42 Å². The van der Waals surface area contributed by atoms with Gasteiger partial charge in [0.2, 0.25) is 5.95 Å². The second-order valence-corrected chi connectivity index (χ2v) is 2.57. The highest BCUT2D eigenvalue weighted by Gasteiger charge is 1.94. The molecular weight excluding hydrogens is 181 g/mol. The third kappa shape index (κ3) is 3.00. The van der Waals surface area contributed by atoms with Crippen molar-refractivity contribution in [3.8, 4) is 0 Å². The molecule has 5 heteroatoms. The molecule has 0 unspecified atom stereocenters. The van der Waals surface area contributed by atoms with E-state index in [1.54, 1.807) is 0 Å². The Labute approximate surface area is 75.0 Å². The topological polar surface area (TPSA) is 37.8 Å². The minimum atomic E-state index is -0.433. The van der Waals surface area contributed by atoms with Crippen LogP contribution in [0.25, 0.3) is 0 Å². The van der Waals surface area contributed by atoms with Crippen molar-refractivity contribution in [1.82, 2.24) is 9.97 Å². The summed E-state index contributed by atoms with van der Waals surface area (Å²) in [5.41, 5.74) is 0. The van der Waals surface area contributed by atoms with Gasteiger partial charge in [-0.2, -0.15) is 0 Å². The first kappa shape index (κ1) is 9.19. The summed E-state index contributed by atoms with van der Waals surface area (Å²) in [5.74, 6) is 0.591. The maximum absolute atomic E-state index is 12.3. The molecule has 1 heterocycles. The van der Waals surface area contributed by atoms with E-state index in [2.05, 4.69) is 15.3 Å². The van der Waals surface area contributed by atoms with E-state index in [-0.39, 0.29) is 0 Å². The minimum Gasteiger partial charge on any atom is -0.354 e. The summed E-state index contributed by atoms with van der Waals surface area (Å²) in [6.07, 6.45) is 3.08. The van der Waals surface area contributed by atoms with Gasteiger partial charge in [0.25, 0.3) is 0 Å². The molecule has 66 valence electrons. The molecule has 0 amide bonds. The van der Waals surface area contributed by atoms with Crippen molar-refractivity contribution in [2.75, 3.05) is 17.7 Å². The molecule has 1 rings (SSSR count). The van der Waals surface area contributed by atoms with Crippen LogP contribution in [0.2, 0.25) is 0 Å².